The SMILES string of the molecule is COc1ccc(Nc2cnc(C(=O)Nc3cc(C)ccc3C)cn2)c(OC)c1. The standard InChI is InChI=1S/C21H22N4O3/c1-13-5-6-14(2)17(9-13)25-21(26)18-11-23-20(12-22-18)24-16-8-7-15(27-3)10-19(16)28-4/h5-12H,1-4H3,(H,23,24)(H,25,26). The van der Waals surface area contributed by atoms with Gasteiger partial charge in [0.25, 0.3) is 5.91 Å². The molecule has 0 saturated carbocycles. The summed E-state index contributed by atoms with van der Waals surface area (Å²) < 4.78 is 10.5. The monoisotopic (exact) mass is 378 g/mol. The molecule has 0 atom stereocenters. The number of benzene rings is 2. The molecule has 0 aliphatic heterocycles. The van der Waals surface area contributed by atoms with Gasteiger partial charge in [-0.05, 0) is 43.2 Å². The zero-order valence-corrected chi connectivity index (χ0v) is 16.2. The number of carbonyl (C=O) groups is 1. The van der Waals surface area contributed by atoms with Gasteiger partial charge in [0.15, 0.2) is 0 Å². The molecule has 0 aliphatic carbocycles. The normalized spacial score (nSPS) is 10.3. The van der Waals surface area contributed by atoms with Gasteiger partial charge in [-0.25, -0.2) is 9.97 Å². The molecule has 2 aromatic carbocycles. The first-order valence-electron chi connectivity index (χ1n) is 8.70. The number of rotatable bonds is 6. The highest BCUT2D eigenvalue weighted by molar-refractivity contribution is 6.03. The Bertz CT molecular complexity index is 987. The molecule has 1 aromatic heterocycles. The summed E-state index contributed by atoms with van der Waals surface area (Å²) in [5.74, 6) is 1.48. The van der Waals surface area contributed by atoms with Gasteiger partial charge in [-0.15, -0.1) is 0 Å². The number of nitrogens with zero attached hydrogens (tertiary/aromatic N) is 2. The Morgan fingerprint density at radius 1 is 0.929 bits per heavy atom. The van der Waals surface area contributed by atoms with Gasteiger partial charge >= 0.3 is 0 Å². The van der Waals surface area contributed by atoms with Crippen LogP contribution in [0.3, 0.4) is 0 Å². The van der Waals surface area contributed by atoms with E-state index in [1.807, 2.05) is 44.2 Å². The van der Waals surface area contributed by atoms with Crippen molar-refractivity contribution in [1.82, 2.24) is 9.97 Å². The average Bonchev–Trinajstić information content (AvgIpc) is 2.71. The number of methoxy groups -OCH3 is 2. The Morgan fingerprint density at radius 2 is 1.75 bits per heavy atom. The van der Waals surface area contributed by atoms with Crippen LogP contribution < -0.4 is 20.1 Å². The van der Waals surface area contributed by atoms with E-state index in [1.165, 1.54) is 12.4 Å². The molecule has 0 saturated heterocycles. The lowest BCUT2D eigenvalue weighted by molar-refractivity contribution is 0.102. The molecule has 7 heteroatoms. The lowest BCUT2D eigenvalue weighted by Gasteiger charge is -2.12. The highest BCUT2D eigenvalue weighted by Crippen LogP contribution is 2.30. The zero-order valence-electron chi connectivity index (χ0n) is 16.2. The van der Waals surface area contributed by atoms with Crippen LogP contribution in [0.25, 0.3) is 0 Å². The largest absolute Gasteiger partial charge is 0.497 e. The Balaban J connectivity index is 1.73. The van der Waals surface area contributed by atoms with Gasteiger partial charge in [0, 0.05) is 11.8 Å². The molecule has 0 spiro atoms. The quantitative estimate of drug-likeness (QED) is 0.671. The molecule has 0 unspecified atom stereocenters. The smallest absolute Gasteiger partial charge is 0.275 e. The molecule has 1 amide bonds. The molecule has 7 nitrogen and oxygen atoms in total. The summed E-state index contributed by atoms with van der Waals surface area (Å²) in [5.41, 5.74) is 3.76. The van der Waals surface area contributed by atoms with Crippen molar-refractivity contribution in [2.45, 2.75) is 13.8 Å². The maximum Gasteiger partial charge on any atom is 0.275 e. The molecule has 3 rings (SSSR count). The van der Waals surface area contributed by atoms with Crippen LogP contribution in [0.1, 0.15) is 21.6 Å². The number of anilines is 3. The molecule has 1 heterocycles. The molecular weight excluding hydrogens is 356 g/mol. The number of hydrogen-bond acceptors (Lipinski definition) is 6. The number of aryl methyl sites for hydroxylation is 2. The minimum Gasteiger partial charge on any atom is -0.497 e. The van der Waals surface area contributed by atoms with Crippen LogP contribution in [0, 0.1) is 13.8 Å². The third-order valence-electron chi connectivity index (χ3n) is 4.20. The molecule has 0 radical (unpaired) electrons. The van der Waals surface area contributed by atoms with Gasteiger partial charge in [0.05, 0.1) is 32.3 Å². The van der Waals surface area contributed by atoms with E-state index in [4.69, 9.17) is 9.47 Å². The van der Waals surface area contributed by atoms with Crippen molar-refractivity contribution in [1.29, 1.82) is 0 Å². The van der Waals surface area contributed by atoms with Crippen LogP contribution >= 0.6 is 0 Å². The minimum atomic E-state index is -0.310. The van der Waals surface area contributed by atoms with Crippen molar-refractivity contribution in [2.75, 3.05) is 24.9 Å². The summed E-state index contributed by atoms with van der Waals surface area (Å²) in [4.78, 5) is 20.9. The first kappa shape index (κ1) is 19.2. The summed E-state index contributed by atoms with van der Waals surface area (Å²) in [5, 5.41) is 5.99. The molecular formula is C21H22N4O3. The maximum atomic E-state index is 12.5. The van der Waals surface area contributed by atoms with Crippen LogP contribution in [0.5, 0.6) is 11.5 Å². The summed E-state index contributed by atoms with van der Waals surface area (Å²) in [6.07, 6.45) is 2.93. The molecule has 144 valence electrons. The predicted molar refractivity (Wildman–Crippen MR) is 109 cm³/mol. The van der Waals surface area contributed by atoms with Gasteiger partial charge in [0.2, 0.25) is 0 Å². The number of aromatic nitrogens is 2. The molecule has 2 N–H and O–H groups in total. The Labute approximate surface area is 163 Å². The van der Waals surface area contributed by atoms with E-state index in [9.17, 15) is 4.79 Å². The predicted octanol–water partition coefficient (Wildman–Crippen LogP) is 4.11. The topological polar surface area (TPSA) is 85.4 Å². The summed E-state index contributed by atoms with van der Waals surface area (Å²) in [7, 11) is 3.17. The summed E-state index contributed by atoms with van der Waals surface area (Å²) in [6.45, 7) is 3.92. The Morgan fingerprint density at radius 3 is 2.43 bits per heavy atom. The van der Waals surface area contributed by atoms with E-state index in [1.54, 1.807) is 20.3 Å². The van der Waals surface area contributed by atoms with Crippen molar-refractivity contribution in [3.05, 3.63) is 65.6 Å². The highest BCUT2D eigenvalue weighted by Gasteiger charge is 2.11. The first-order chi connectivity index (χ1) is 13.5. The molecule has 0 bridgehead atoms. The van der Waals surface area contributed by atoms with E-state index in [-0.39, 0.29) is 11.6 Å². The van der Waals surface area contributed by atoms with Gasteiger partial charge in [0.1, 0.15) is 23.0 Å². The van der Waals surface area contributed by atoms with E-state index in [2.05, 4.69) is 20.6 Å². The van der Waals surface area contributed by atoms with Crippen molar-refractivity contribution >= 4 is 23.1 Å². The zero-order chi connectivity index (χ0) is 20.1. The third kappa shape index (κ3) is 4.37. The molecule has 0 aliphatic rings. The lowest BCUT2D eigenvalue weighted by Crippen LogP contribution is -2.15. The Kier molecular flexibility index (Phi) is 5.74. The second kappa shape index (κ2) is 8.39. The van der Waals surface area contributed by atoms with Crippen LogP contribution in [-0.4, -0.2) is 30.1 Å². The van der Waals surface area contributed by atoms with Crippen LogP contribution in [0.4, 0.5) is 17.2 Å². The van der Waals surface area contributed by atoms with E-state index in [0.29, 0.717) is 23.0 Å². The van der Waals surface area contributed by atoms with E-state index >= 15 is 0 Å². The molecule has 28 heavy (non-hydrogen) atoms. The summed E-state index contributed by atoms with van der Waals surface area (Å²) in [6, 6.07) is 11.3. The number of hydrogen-bond donors (Lipinski definition) is 2. The van der Waals surface area contributed by atoms with Crippen LogP contribution in [0.2, 0.25) is 0 Å². The number of ether oxygens (including phenoxy) is 2. The van der Waals surface area contributed by atoms with Crippen molar-refractivity contribution in [2.24, 2.45) is 0 Å². The van der Waals surface area contributed by atoms with Crippen LogP contribution in [0.15, 0.2) is 48.8 Å². The first-order valence-corrected chi connectivity index (χ1v) is 8.70. The maximum absolute atomic E-state index is 12.5. The second-order valence-electron chi connectivity index (χ2n) is 6.25. The fourth-order valence-corrected chi connectivity index (χ4v) is 2.61. The fraction of sp³-hybridized carbons (Fsp3) is 0.190. The number of amides is 1. The third-order valence-corrected chi connectivity index (χ3v) is 4.20. The molecule has 0 fully saturated rings. The number of nitrogens with one attached hydrogen (secondary N) is 2. The van der Waals surface area contributed by atoms with Gasteiger partial charge < -0.3 is 20.1 Å². The minimum absolute atomic E-state index is 0.230. The number of carbonyl (C=O) groups excluding carboxylic acids is 1. The van der Waals surface area contributed by atoms with Gasteiger partial charge in [-0.2, -0.15) is 0 Å². The van der Waals surface area contributed by atoms with E-state index in [0.717, 1.165) is 16.8 Å². The Hall–Kier alpha value is -3.61. The van der Waals surface area contributed by atoms with Gasteiger partial charge in [-0.1, -0.05) is 12.1 Å². The fourth-order valence-electron chi connectivity index (χ4n) is 2.61. The van der Waals surface area contributed by atoms with Crippen LogP contribution in [-0.2, 0) is 0 Å². The van der Waals surface area contributed by atoms with Crippen molar-refractivity contribution < 1.29 is 14.3 Å². The average molecular weight is 378 g/mol. The lowest BCUT2D eigenvalue weighted by atomic mass is 10.1. The molecule has 3 aromatic rings. The highest BCUT2D eigenvalue weighted by atomic mass is 16.5. The summed E-state index contributed by atoms with van der Waals surface area (Å²) >= 11 is 0. The van der Waals surface area contributed by atoms with Gasteiger partial charge in [-0.3, -0.25) is 4.79 Å². The van der Waals surface area contributed by atoms with E-state index < -0.39 is 0 Å². The second-order valence-corrected chi connectivity index (χ2v) is 6.25. The van der Waals surface area contributed by atoms with Crippen molar-refractivity contribution in [3.8, 4) is 11.5 Å². The van der Waals surface area contributed by atoms with Crippen molar-refractivity contribution in [3.63, 3.8) is 0 Å².